The Morgan fingerprint density at radius 1 is 0.778 bits per heavy atom. The number of anilines is 2. The number of halogens is 1. The lowest BCUT2D eigenvalue weighted by atomic mass is 10.1. The van der Waals surface area contributed by atoms with E-state index >= 15 is 0 Å². The number of nitrogens with one attached hydrogen (secondary N) is 2. The van der Waals surface area contributed by atoms with Gasteiger partial charge in [-0.2, -0.15) is 0 Å². The number of carbonyl (C=O) groups is 4. The van der Waals surface area contributed by atoms with E-state index in [2.05, 4.69) is 10.6 Å². The monoisotopic (exact) mass is 508 g/mol. The molecule has 0 atom stereocenters. The fourth-order valence-electron chi connectivity index (χ4n) is 3.09. The fraction of sp³-hybridized carbons (Fsp3) is 0.185. The van der Waals surface area contributed by atoms with E-state index in [4.69, 9.17) is 21.1 Å². The second-order valence-corrected chi connectivity index (χ2v) is 8.26. The molecule has 36 heavy (non-hydrogen) atoms. The van der Waals surface area contributed by atoms with Crippen LogP contribution >= 0.6 is 11.6 Å². The Labute approximate surface area is 213 Å². The predicted octanol–water partition coefficient (Wildman–Crippen LogP) is 5.63. The third-order valence-corrected chi connectivity index (χ3v) is 5.14. The zero-order valence-corrected chi connectivity index (χ0v) is 20.3. The number of hydrogen-bond donors (Lipinski definition) is 2. The average Bonchev–Trinajstić information content (AvgIpc) is 2.85. The normalized spacial score (nSPS) is 10.3. The molecule has 0 radical (unpaired) electrons. The van der Waals surface area contributed by atoms with Gasteiger partial charge in [0.05, 0.1) is 0 Å². The summed E-state index contributed by atoms with van der Waals surface area (Å²) in [6.07, 6.45) is 0.376. The number of benzene rings is 3. The van der Waals surface area contributed by atoms with Gasteiger partial charge in [0, 0.05) is 34.8 Å². The van der Waals surface area contributed by atoms with E-state index in [9.17, 15) is 19.2 Å². The van der Waals surface area contributed by atoms with Gasteiger partial charge in [0.1, 0.15) is 11.5 Å². The van der Waals surface area contributed by atoms with Crippen molar-refractivity contribution in [1.82, 2.24) is 0 Å². The summed E-state index contributed by atoms with van der Waals surface area (Å²) in [5.74, 6) is -0.236. The summed E-state index contributed by atoms with van der Waals surface area (Å²) >= 11 is 5.86. The van der Waals surface area contributed by atoms with E-state index in [1.807, 2.05) is 0 Å². The molecule has 0 saturated heterocycles. The van der Waals surface area contributed by atoms with Crippen molar-refractivity contribution < 1.29 is 28.7 Å². The molecule has 0 heterocycles. The topological polar surface area (TPSA) is 111 Å². The van der Waals surface area contributed by atoms with Gasteiger partial charge in [-0.1, -0.05) is 23.7 Å². The first kappa shape index (κ1) is 26.4. The molecule has 0 bridgehead atoms. The zero-order chi connectivity index (χ0) is 25.9. The fourth-order valence-corrected chi connectivity index (χ4v) is 3.22. The molecule has 0 fully saturated rings. The van der Waals surface area contributed by atoms with Crippen LogP contribution in [-0.4, -0.2) is 30.2 Å². The summed E-state index contributed by atoms with van der Waals surface area (Å²) in [6.45, 7) is 0.970. The first-order chi connectivity index (χ1) is 17.3. The van der Waals surface area contributed by atoms with Gasteiger partial charge in [0.15, 0.2) is 12.4 Å². The molecule has 8 nitrogen and oxygen atoms in total. The highest BCUT2D eigenvalue weighted by atomic mass is 35.5. The Hall–Kier alpha value is -4.17. The van der Waals surface area contributed by atoms with Crippen LogP contribution in [0.3, 0.4) is 0 Å². The third kappa shape index (κ3) is 8.88. The van der Waals surface area contributed by atoms with Crippen molar-refractivity contribution in [3.8, 4) is 11.5 Å². The highest BCUT2D eigenvalue weighted by Crippen LogP contribution is 2.24. The highest BCUT2D eigenvalue weighted by Gasteiger charge is 2.11. The summed E-state index contributed by atoms with van der Waals surface area (Å²) in [5.41, 5.74) is 1.49. The van der Waals surface area contributed by atoms with Gasteiger partial charge in [-0.05, 0) is 74.0 Å². The quantitative estimate of drug-likeness (QED) is 0.257. The molecule has 0 aliphatic carbocycles. The molecule has 0 saturated carbocycles. The van der Waals surface area contributed by atoms with Crippen molar-refractivity contribution in [3.63, 3.8) is 0 Å². The molecule has 2 amide bonds. The maximum absolute atomic E-state index is 12.2. The first-order valence-electron chi connectivity index (χ1n) is 11.2. The van der Waals surface area contributed by atoms with Crippen LogP contribution in [0.5, 0.6) is 11.5 Å². The van der Waals surface area contributed by atoms with Gasteiger partial charge in [0.25, 0.3) is 5.91 Å². The number of amides is 2. The third-order valence-electron chi connectivity index (χ3n) is 4.89. The first-order valence-corrected chi connectivity index (χ1v) is 11.6. The molecule has 0 spiro atoms. The Kier molecular flexibility index (Phi) is 9.59. The summed E-state index contributed by atoms with van der Waals surface area (Å²) in [5, 5.41) is 5.94. The van der Waals surface area contributed by atoms with Gasteiger partial charge in [0.2, 0.25) is 5.91 Å². The lowest BCUT2D eigenvalue weighted by Crippen LogP contribution is -2.21. The number of carbonyl (C=O) groups excluding carboxylic acids is 4. The molecule has 0 aliphatic rings. The van der Waals surface area contributed by atoms with Crippen LogP contribution in [0.25, 0.3) is 0 Å². The van der Waals surface area contributed by atoms with E-state index in [1.165, 1.54) is 6.92 Å². The van der Waals surface area contributed by atoms with Gasteiger partial charge in [-0.25, -0.2) is 0 Å². The summed E-state index contributed by atoms with van der Waals surface area (Å²) < 4.78 is 10.7. The van der Waals surface area contributed by atoms with Crippen LogP contribution < -0.4 is 15.4 Å². The molecule has 0 aliphatic heterocycles. The highest BCUT2D eigenvalue weighted by molar-refractivity contribution is 6.30. The second-order valence-electron chi connectivity index (χ2n) is 7.83. The van der Waals surface area contributed by atoms with Crippen molar-refractivity contribution in [2.45, 2.75) is 26.2 Å². The van der Waals surface area contributed by atoms with Crippen LogP contribution in [0.4, 0.5) is 11.4 Å². The molecule has 0 unspecified atom stereocenters. The molecule has 0 aromatic heterocycles. The smallest absolute Gasteiger partial charge is 0.306 e. The van der Waals surface area contributed by atoms with Crippen molar-refractivity contribution in [2.75, 3.05) is 17.2 Å². The summed E-state index contributed by atoms with van der Waals surface area (Å²) in [7, 11) is 0. The van der Waals surface area contributed by atoms with E-state index in [0.29, 0.717) is 33.5 Å². The second kappa shape index (κ2) is 13.1. The van der Waals surface area contributed by atoms with Crippen molar-refractivity contribution >= 4 is 46.5 Å². The van der Waals surface area contributed by atoms with Gasteiger partial charge in [-0.3, -0.25) is 19.2 Å². The van der Waals surface area contributed by atoms with Crippen LogP contribution in [-0.2, 0) is 19.1 Å². The lowest BCUT2D eigenvalue weighted by molar-refractivity contribution is -0.147. The van der Waals surface area contributed by atoms with Crippen molar-refractivity contribution in [1.29, 1.82) is 0 Å². The molecule has 186 valence electrons. The van der Waals surface area contributed by atoms with E-state index in [1.54, 1.807) is 72.8 Å². The van der Waals surface area contributed by atoms with Gasteiger partial charge >= 0.3 is 5.97 Å². The maximum Gasteiger partial charge on any atom is 0.306 e. The van der Waals surface area contributed by atoms with Crippen LogP contribution in [0.1, 0.15) is 36.5 Å². The van der Waals surface area contributed by atoms with E-state index < -0.39 is 18.5 Å². The number of ketones is 1. The number of esters is 1. The minimum atomic E-state index is -0.584. The van der Waals surface area contributed by atoms with Crippen LogP contribution in [0, 0.1) is 0 Å². The Balaban J connectivity index is 1.33. The molecule has 2 N–H and O–H groups in total. The van der Waals surface area contributed by atoms with Crippen molar-refractivity contribution in [2.24, 2.45) is 0 Å². The van der Waals surface area contributed by atoms with E-state index in [-0.39, 0.29) is 31.0 Å². The molecule has 3 rings (SSSR count). The minimum absolute atomic E-state index is 0.00556. The maximum atomic E-state index is 12.2. The predicted molar refractivity (Wildman–Crippen MR) is 136 cm³/mol. The van der Waals surface area contributed by atoms with Gasteiger partial charge < -0.3 is 20.1 Å². The van der Waals surface area contributed by atoms with Crippen LogP contribution in [0.2, 0.25) is 5.02 Å². The molecule has 9 heteroatoms. The molecular formula is C27H25ClN2O6. The van der Waals surface area contributed by atoms with Gasteiger partial charge in [-0.15, -0.1) is 0 Å². The number of hydrogen-bond acceptors (Lipinski definition) is 6. The number of ether oxygens (including phenoxy) is 2. The van der Waals surface area contributed by atoms with E-state index in [0.717, 1.165) is 0 Å². The number of Topliss-reactive ketones (excluding diaryl/α,β-unsaturated/α-hetero) is 1. The standard InChI is InChI=1S/C27H25ClN2O6/c1-18(31)19-4-2-5-22(16-19)30-26(33)17-35-27(34)7-3-6-25(32)29-21-10-14-24(15-11-21)36-23-12-8-20(28)9-13-23/h2,4-5,8-16H,3,6-7,17H2,1H3,(H,29,32)(H,30,33). The van der Waals surface area contributed by atoms with Crippen LogP contribution in [0.15, 0.2) is 72.8 Å². The molecule has 3 aromatic rings. The zero-order valence-electron chi connectivity index (χ0n) is 19.6. The Morgan fingerprint density at radius 3 is 2.08 bits per heavy atom. The number of rotatable bonds is 11. The summed E-state index contributed by atoms with van der Waals surface area (Å²) in [4.78, 5) is 47.4. The molecule has 3 aromatic carbocycles. The average molecular weight is 509 g/mol. The Morgan fingerprint density at radius 2 is 1.42 bits per heavy atom. The Bertz CT molecular complexity index is 1230. The SMILES string of the molecule is CC(=O)c1cccc(NC(=O)COC(=O)CCCC(=O)Nc2ccc(Oc3ccc(Cl)cc3)cc2)c1. The largest absolute Gasteiger partial charge is 0.457 e. The van der Waals surface area contributed by atoms with Crippen molar-refractivity contribution in [3.05, 3.63) is 83.4 Å². The summed E-state index contributed by atoms with van der Waals surface area (Å²) in [6, 6.07) is 20.3. The minimum Gasteiger partial charge on any atom is -0.457 e. The lowest BCUT2D eigenvalue weighted by Gasteiger charge is -2.09. The molecular weight excluding hydrogens is 484 g/mol.